The number of aromatic nitrogens is 3. The van der Waals surface area contributed by atoms with Crippen LogP contribution in [0.15, 0.2) is 55.0 Å². The number of ether oxygens (including phenoxy) is 1. The van der Waals surface area contributed by atoms with Crippen LogP contribution in [0.3, 0.4) is 0 Å². The van der Waals surface area contributed by atoms with Gasteiger partial charge in [-0.1, -0.05) is 36.4 Å². The first-order valence-electron chi connectivity index (χ1n) is 13.9. The second-order valence-corrected chi connectivity index (χ2v) is 10.1. The largest absolute Gasteiger partial charge is 0.480 e. The highest BCUT2D eigenvalue weighted by molar-refractivity contribution is 5.81. The summed E-state index contributed by atoms with van der Waals surface area (Å²) >= 11 is 0. The van der Waals surface area contributed by atoms with Crippen molar-refractivity contribution in [2.75, 3.05) is 43.9 Å². The molecule has 1 aromatic carbocycles. The fourth-order valence-electron chi connectivity index (χ4n) is 4.89. The van der Waals surface area contributed by atoms with Crippen molar-refractivity contribution in [1.82, 2.24) is 19.9 Å². The van der Waals surface area contributed by atoms with Crippen LogP contribution in [0.5, 0.6) is 0 Å². The highest BCUT2D eigenvalue weighted by Gasteiger charge is 2.22. The zero-order valence-electron chi connectivity index (χ0n) is 23.0. The van der Waals surface area contributed by atoms with Crippen molar-refractivity contribution >= 4 is 17.6 Å². The van der Waals surface area contributed by atoms with Crippen molar-refractivity contribution in [3.63, 3.8) is 0 Å². The minimum absolute atomic E-state index is 0.0566. The van der Waals surface area contributed by atoms with E-state index < -0.39 is 12.0 Å². The Bertz CT molecular complexity index is 1190. The van der Waals surface area contributed by atoms with Gasteiger partial charge in [-0.2, -0.15) is 0 Å². The third-order valence-corrected chi connectivity index (χ3v) is 7.17. The average molecular weight is 533 g/mol. The number of hydrogen-bond acceptors (Lipinski definition) is 8. The zero-order valence-corrected chi connectivity index (χ0v) is 23.0. The molecule has 0 amide bonds. The fraction of sp³-hybridized carbons (Fsp3) is 0.467. The van der Waals surface area contributed by atoms with Crippen LogP contribution in [0.1, 0.15) is 43.9 Å². The van der Waals surface area contributed by atoms with Crippen LogP contribution >= 0.6 is 0 Å². The van der Waals surface area contributed by atoms with Crippen LogP contribution < -0.4 is 10.6 Å². The number of aliphatic carboxylic acids is 1. The molecule has 0 spiro atoms. The molecule has 3 heterocycles. The Balaban J connectivity index is 1.33. The lowest BCUT2D eigenvalue weighted by molar-refractivity contribution is -0.138. The molecule has 0 saturated heterocycles. The van der Waals surface area contributed by atoms with Crippen LogP contribution in [0.2, 0.25) is 0 Å². The molecule has 0 radical (unpaired) electrons. The van der Waals surface area contributed by atoms with E-state index in [0.717, 1.165) is 74.4 Å². The maximum atomic E-state index is 12.2. The van der Waals surface area contributed by atoms with Gasteiger partial charge in [0.15, 0.2) is 0 Å². The van der Waals surface area contributed by atoms with Gasteiger partial charge in [0.2, 0.25) is 0 Å². The molecule has 4 rings (SSSR count). The Hall–Kier alpha value is -3.56. The first-order chi connectivity index (χ1) is 19.0. The number of methoxy groups -OCH3 is 1. The van der Waals surface area contributed by atoms with E-state index in [4.69, 9.17) is 9.72 Å². The molecule has 3 aromatic rings. The molecule has 1 aliphatic heterocycles. The first kappa shape index (κ1) is 28.4. The fourth-order valence-corrected chi connectivity index (χ4v) is 4.89. The SMILES string of the molecule is COC(C)CN(CCCCc1ccc2c(n1)NCCC2)CCC(Nc1ncncc1-c1ccccc1)C(=O)O. The number of fused-ring (bicyclic) bond motifs is 1. The summed E-state index contributed by atoms with van der Waals surface area (Å²) in [5, 5.41) is 16.6. The molecule has 9 nitrogen and oxygen atoms in total. The van der Waals surface area contributed by atoms with E-state index in [1.807, 2.05) is 37.3 Å². The number of pyridine rings is 1. The van der Waals surface area contributed by atoms with Gasteiger partial charge in [0, 0.05) is 44.2 Å². The van der Waals surface area contributed by atoms with E-state index in [1.165, 1.54) is 11.9 Å². The van der Waals surface area contributed by atoms with Crippen molar-refractivity contribution in [2.45, 2.75) is 57.6 Å². The maximum Gasteiger partial charge on any atom is 0.326 e. The average Bonchev–Trinajstić information content (AvgIpc) is 2.97. The van der Waals surface area contributed by atoms with E-state index in [2.05, 4.69) is 37.6 Å². The zero-order chi connectivity index (χ0) is 27.5. The van der Waals surface area contributed by atoms with Crippen LogP contribution in [0.4, 0.5) is 11.6 Å². The number of nitrogens with zero attached hydrogens (tertiary/aromatic N) is 4. The van der Waals surface area contributed by atoms with Crippen molar-refractivity contribution in [1.29, 1.82) is 0 Å². The van der Waals surface area contributed by atoms with Gasteiger partial charge in [-0.3, -0.25) is 0 Å². The summed E-state index contributed by atoms with van der Waals surface area (Å²) in [5.74, 6) is 0.660. The molecule has 2 aromatic heterocycles. The lowest BCUT2D eigenvalue weighted by Gasteiger charge is -2.27. The minimum atomic E-state index is -0.903. The summed E-state index contributed by atoms with van der Waals surface area (Å²) in [6.45, 7) is 5.27. The van der Waals surface area contributed by atoms with Gasteiger partial charge >= 0.3 is 5.97 Å². The molecule has 2 unspecified atom stereocenters. The number of carboxylic acid groups (broad SMARTS) is 1. The number of unbranched alkanes of at least 4 members (excludes halogenated alkanes) is 1. The van der Waals surface area contributed by atoms with Gasteiger partial charge in [-0.15, -0.1) is 0 Å². The molecule has 0 saturated carbocycles. The van der Waals surface area contributed by atoms with Gasteiger partial charge in [-0.25, -0.2) is 19.7 Å². The Labute approximate surface area is 231 Å². The topological polar surface area (TPSA) is 113 Å². The van der Waals surface area contributed by atoms with Crippen LogP contribution in [-0.2, 0) is 22.4 Å². The molecule has 0 fully saturated rings. The van der Waals surface area contributed by atoms with Crippen LogP contribution in [-0.4, -0.2) is 76.4 Å². The standard InChI is InChI=1S/C30H40N6O3/c1-22(39-2)20-36(17-7-6-12-25-14-13-24-11-8-16-32-28(24)34-25)18-15-27(30(37)38)35-29-26(19-31-21-33-29)23-9-4-3-5-10-23/h3-5,9-10,13-14,19,21-22,27H,6-8,11-12,15-18,20H2,1-2H3,(H,32,34)(H,37,38)(H,31,33,35). The lowest BCUT2D eigenvalue weighted by Crippen LogP contribution is -2.38. The van der Waals surface area contributed by atoms with Gasteiger partial charge in [0.05, 0.1) is 6.10 Å². The monoisotopic (exact) mass is 532 g/mol. The number of anilines is 2. The molecule has 2 atom stereocenters. The number of hydrogen-bond donors (Lipinski definition) is 3. The highest BCUT2D eigenvalue weighted by Crippen LogP contribution is 2.26. The second kappa shape index (κ2) is 14.6. The normalized spacial score (nSPS) is 14.3. The Morgan fingerprint density at radius 3 is 2.82 bits per heavy atom. The van der Waals surface area contributed by atoms with Gasteiger partial charge in [-0.05, 0) is 69.2 Å². The molecule has 3 N–H and O–H groups in total. The Morgan fingerprint density at radius 1 is 1.18 bits per heavy atom. The molecular formula is C30H40N6O3. The smallest absolute Gasteiger partial charge is 0.326 e. The van der Waals surface area contributed by atoms with E-state index >= 15 is 0 Å². The minimum Gasteiger partial charge on any atom is -0.480 e. The number of rotatable bonds is 15. The molecule has 0 bridgehead atoms. The lowest BCUT2D eigenvalue weighted by atomic mass is 10.1. The van der Waals surface area contributed by atoms with Crippen molar-refractivity contribution < 1.29 is 14.6 Å². The van der Waals surface area contributed by atoms with E-state index in [9.17, 15) is 9.90 Å². The number of nitrogens with one attached hydrogen (secondary N) is 2. The second-order valence-electron chi connectivity index (χ2n) is 10.1. The van der Waals surface area contributed by atoms with Crippen molar-refractivity contribution in [3.8, 4) is 11.1 Å². The number of benzene rings is 1. The quantitative estimate of drug-likeness (QED) is 0.243. The van der Waals surface area contributed by atoms with Gasteiger partial charge in [0.25, 0.3) is 0 Å². The first-order valence-corrected chi connectivity index (χ1v) is 13.9. The molecular weight excluding hydrogens is 492 g/mol. The molecule has 0 aliphatic carbocycles. The third-order valence-electron chi connectivity index (χ3n) is 7.17. The Kier molecular flexibility index (Phi) is 10.6. The molecule has 39 heavy (non-hydrogen) atoms. The summed E-state index contributed by atoms with van der Waals surface area (Å²) in [4.78, 5) is 27.8. The predicted octanol–water partition coefficient (Wildman–Crippen LogP) is 4.51. The maximum absolute atomic E-state index is 12.2. The number of carboxylic acids is 1. The van der Waals surface area contributed by atoms with E-state index in [-0.39, 0.29) is 6.10 Å². The van der Waals surface area contributed by atoms with Crippen LogP contribution in [0, 0.1) is 0 Å². The number of carbonyl (C=O) groups is 1. The highest BCUT2D eigenvalue weighted by atomic mass is 16.5. The van der Waals surface area contributed by atoms with Gasteiger partial charge < -0.3 is 25.4 Å². The summed E-state index contributed by atoms with van der Waals surface area (Å²) in [6, 6.07) is 13.3. The summed E-state index contributed by atoms with van der Waals surface area (Å²) < 4.78 is 5.52. The molecule has 9 heteroatoms. The van der Waals surface area contributed by atoms with Crippen LogP contribution in [0.25, 0.3) is 11.1 Å². The summed E-state index contributed by atoms with van der Waals surface area (Å²) in [5.41, 5.74) is 4.14. The van der Waals surface area contributed by atoms with E-state index in [0.29, 0.717) is 18.8 Å². The molecule has 208 valence electrons. The van der Waals surface area contributed by atoms with Crippen molar-refractivity contribution in [3.05, 3.63) is 66.2 Å². The summed E-state index contributed by atoms with van der Waals surface area (Å²) in [7, 11) is 1.71. The number of aryl methyl sites for hydroxylation is 2. The third kappa shape index (κ3) is 8.46. The Morgan fingerprint density at radius 2 is 2.03 bits per heavy atom. The summed E-state index contributed by atoms with van der Waals surface area (Å²) in [6.07, 6.45) is 8.84. The predicted molar refractivity (Wildman–Crippen MR) is 154 cm³/mol. The van der Waals surface area contributed by atoms with Gasteiger partial charge in [0.1, 0.15) is 24.0 Å². The van der Waals surface area contributed by atoms with E-state index in [1.54, 1.807) is 13.3 Å². The molecule has 1 aliphatic rings. The van der Waals surface area contributed by atoms with Crippen molar-refractivity contribution in [2.24, 2.45) is 0 Å².